The van der Waals surface area contributed by atoms with Crippen molar-refractivity contribution in [3.8, 4) is 5.75 Å². The summed E-state index contributed by atoms with van der Waals surface area (Å²) in [4.78, 5) is 28.2. The molecule has 0 unspecified atom stereocenters. The number of piperazine rings is 1. The summed E-state index contributed by atoms with van der Waals surface area (Å²) in [6.07, 6.45) is 1.49. The second-order valence-corrected chi connectivity index (χ2v) is 5.79. The summed E-state index contributed by atoms with van der Waals surface area (Å²) >= 11 is 0. The number of nitrogens with one attached hydrogen (secondary N) is 1. The molecule has 1 fully saturated rings. The van der Waals surface area contributed by atoms with E-state index >= 15 is 0 Å². The number of carbonyl (C=O) groups is 2. The van der Waals surface area contributed by atoms with Crippen LogP contribution in [0.1, 0.15) is 10.6 Å². The third-order valence-corrected chi connectivity index (χ3v) is 4.17. The number of methoxy groups -OCH3 is 1. The van der Waals surface area contributed by atoms with Gasteiger partial charge in [0, 0.05) is 26.2 Å². The predicted octanol–water partition coefficient (Wildman–Crippen LogP) is 2.32. The second kappa shape index (κ2) is 7.85. The molecular weight excluding hydrogens is 322 g/mol. The minimum Gasteiger partial charge on any atom is -0.495 e. The minimum atomic E-state index is -0.165. The Morgan fingerprint density at radius 2 is 1.88 bits per heavy atom. The highest BCUT2D eigenvalue weighted by Gasteiger charge is 2.23. The number of hydrogen-bond donors (Lipinski definition) is 1. The van der Waals surface area contributed by atoms with Crippen LogP contribution in [0.15, 0.2) is 47.1 Å². The van der Waals surface area contributed by atoms with Crippen molar-refractivity contribution in [1.82, 2.24) is 9.80 Å². The standard InChI is InChI=1S/C18H21N3O4/c1-24-16-6-3-2-5-14(16)19-18(23)21-10-8-20(9-11-21)13-15(22)17-7-4-12-25-17/h2-7,12H,8-11,13H2,1H3,(H,19,23). The Kier molecular flexibility index (Phi) is 5.35. The Hall–Kier alpha value is -2.80. The van der Waals surface area contributed by atoms with E-state index in [0.717, 1.165) is 0 Å². The summed E-state index contributed by atoms with van der Waals surface area (Å²) in [5.74, 6) is 0.951. The molecule has 1 saturated heterocycles. The van der Waals surface area contributed by atoms with Crippen molar-refractivity contribution in [2.24, 2.45) is 0 Å². The van der Waals surface area contributed by atoms with Crippen molar-refractivity contribution in [2.75, 3.05) is 45.2 Å². The van der Waals surface area contributed by atoms with Crippen LogP contribution < -0.4 is 10.1 Å². The number of anilines is 1. The quantitative estimate of drug-likeness (QED) is 0.843. The van der Waals surface area contributed by atoms with Gasteiger partial charge < -0.3 is 19.4 Å². The van der Waals surface area contributed by atoms with E-state index in [1.54, 1.807) is 36.3 Å². The van der Waals surface area contributed by atoms with Crippen molar-refractivity contribution in [2.45, 2.75) is 0 Å². The van der Waals surface area contributed by atoms with Crippen molar-refractivity contribution < 1.29 is 18.7 Å². The lowest BCUT2D eigenvalue weighted by Crippen LogP contribution is -2.51. The van der Waals surface area contributed by atoms with Gasteiger partial charge >= 0.3 is 6.03 Å². The Morgan fingerprint density at radius 3 is 2.56 bits per heavy atom. The van der Waals surface area contributed by atoms with E-state index < -0.39 is 0 Å². The van der Waals surface area contributed by atoms with E-state index in [1.807, 2.05) is 17.0 Å². The number of furan rings is 1. The van der Waals surface area contributed by atoms with Gasteiger partial charge in [0.05, 0.1) is 25.6 Å². The summed E-state index contributed by atoms with van der Waals surface area (Å²) < 4.78 is 10.4. The largest absolute Gasteiger partial charge is 0.495 e. The fourth-order valence-electron chi connectivity index (χ4n) is 2.77. The lowest BCUT2D eigenvalue weighted by molar-refractivity contribution is 0.0857. The molecule has 25 heavy (non-hydrogen) atoms. The molecule has 1 aliphatic heterocycles. The first kappa shape index (κ1) is 17.0. The van der Waals surface area contributed by atoms with Gasteiger partial charge in [0.15, 0.2) is 5.76 Å². The maximum Gasteiger partial charge on any atom is 0.322 e. The molecule has 1 aromatic carbocycles. The molecular formula is C18H21N3O4. The molecule has 0 saturated carbocycles. The molecule has 2 heterocycles. The highest BCUT2D eigenvalue weighted by atomic mass is 16.5. The average Bonchev–Trinajstić information content (AvgIpc) is 3.17. The maximum absolute atomic E-state index is 12.4. The third kappa shape index (κ3) is 4.19. The topological polar surface area (TPSA) is 75.0 Å². The fourth-order valence-corrected chi connectivity index (χ4v) is 2.77. The molecule has 2 aromatic rings. The Balaban J connectivity index is 1.50. The average molecular weight is 343 g/mol. The lowest BCUT2D eigenvalue weighted by atomic mass is 10.2. The van der Waals surface area contributed by atoms with Gasteiger partial charge in [-0.2, -0.15) is 0 Å². The monoisotopic (exact) mass is 343 g/mol. The summed E-state index contributed by atoms with van der Waals surface area (Å²) in [6, 6.07) is 10.5. The van der Waals surface area contributed by atoms with Crippen LogP contribution in [0.5, 0.6) is 5.75 Å². The molecule has 0 spiro atoms. The number of carbonyl (C=O) groups excluding carboxylic acids is 2. The summed E-state index contributed by atoms with van der Waals surface area (Å²) in [6.45, 7) is 2.71. The van der Waals surface area contributed by atoms with E-state index in [9.17, 15) is 9.59 Å². The molecule has 3 rings (SSSR count). The van der Waals surface area contributed by atoms with Crippen molar-refractivity contribution >= 4 is 17.5 Å². The first-order valence-electron chi connectivity index (χ1n) is 8.15. The molecule has 0 radical (unpaired) electrons. The van der Waals surface area contributed by atoms with Gasteiger partial charge in [0.1, 0.15) is 5.75 Å². The Bertz CT molecular complexity index is 722. The molecule has 132 valence electrons. The number of ketones is 1. The van der Waals surface area contributed by atoms with Gasteiger partial charge in [-0.3, -0.25) is 9.69 Å². The minimum absolute atomic E-state index is 0.0445. The van der Waals surface area contributed by atoms with Gasteiger partial charge in [-0.15, -0.1) is 0 Å². The van der Waals surface area contributed by atoms with Gasteiger partial charge in [-0.05, 0) is 24.3 Å². The SMILES string of the molecule is COc1ccccc1NC(=O)N1CCN(CC(=O)c2ccco2)CC1. The predicted molar refractivity (Wildman–Crippen MR) is 93.1 cm³/mol. The van der Waals surface area contributed by atoms with E-state index in [4.69, 9.17) is 9.15 Å². The Morgan fingerprint density at radius 1 is 1.12 bits per heavy atom. The number of para-hydroxylation sites is 2. The van der Waals surface area contributed by atoms with E-state index in [1.165, 1.54) is 6.26 Å². The van der Waals surface area contributed by atoms with Gasteiger partial charge in [0.2, 0.25) is 5.78 Å². The van der Waals surface area contributed by atoms with Crippen LogP contribution in [0.4, 0.5) is 10.5 Å². The first-order chi connectivity index (χ1) is 12.2. The van der Waals surface area contributed by atoms with Crippen molar-refractivity contribution in [3.63, 3.8) is 0 Å². The van der Waals surface area contributed by atoms with E-state index in [-0.39, 0.29) is 11.8 Å². The summed E-state index contributed by atoms with van der Waals surface area (Å²) in [5.41, 5.74) is 0.644. The molecule has 1 aliphatic rings. The fraction of sp³-hybridized carbons (Fsp3) is 0.333. The van der Waals surface area contributed by atoms with Crippen LogP contribution in [0, 0.1) is 0 Å². The summed E-state index contributed by atoms with van der Waals surface area (Å²) in [7, 11) is 1.57. The maximum atomic E-state index is 12.4. The number of ether oxygens (including phenoxy) is 1. The van der Waals surface area contributed by atoms with Crippen LogP contribution in [-0.2, 0) is 0 Å². The van der Waals surface area contributed by atoms with Crippen LogP contribution in [0.3, 0.4) is 0 Å². The van der Waals surface area contributed by atoms with Gasteiger partial charge in [-0.1, -0.05) is 12.1 Å². The zero-order valence-corrected chi connectivity index (χ0v) is 14.1. The molecule has 0 atom stereocenters. The molecule has 0 aliphatic carbocycles. The zero-order valence-electron chi connectivity index (χ0n) is 14.1. The van der Waals surface area contributed by atoms with Crippen LogP contribution in [-0.4, -0.2) is 61.4 Å². The molecule has 7 nitrogen and oxygen atoms in total. The van der Waals surface area contributed by atoms with Crippen molar-refractivity contribution in [1.29, 1.82) is 0 Å². The number of rotatable bonds is 5. The second-order valence-electron chi connectivity index (χ2n) is 5.79. The third-order valence-electron chi connectivity index (χ3n) is 4.17. The molecule has 1 aromatic heterocycles. The van der Waals surface area contributed by atoms with Gasteiger partial charge in [0.25, 0.3) is 0 Å². The highest BCUT2D eigenvalue weighted by Crippen LogP contribution is 2.23. The number of urea groups is 1. The normalized spacial score (nSPS) is 15.0. The highest BCUT2D eigenvalue weighted by molar-refractivity contribution is 5.95. The number of Topliss-reactive ketones (excluding diaryl/α,β-unsaturated/α-hetero) is 1. The zero-order chi connectivity index (χ0) is 17.6. The van der Waals surface area contributed by atoms with E-state index in [0.29, 0.717) is 49.9 Å². The van der Waals surface area contributed by atoms with Gasteiger partial charge in [-0.25, -0.2) is 4.79 Å². The molecule has 7 heteroatoms. The first-order valence-corrected chi connectivity index (χ1v) is 8.15. The molecule has 2 amide bonds. The van der Waals surface area contributed by atoms with E-state index in [2.05, 4.69) is 5.32 Å². The van der Waals surface area contributed by atoms with Crippen LogP contribution >= 0.6 is 0 Å². The smallest absolute Gasteiger partial charge is 0.322 e. The number of benzene rings is 1. The lowest BCUT2D eigenvalue weighted by Gasteiger charge is -2.34. The number of amides is 2. The molecule has 1 N–H and O–H groups in total. The van der Waals surface area contributed by atoms with Crippen molar-refractivity contribution in [3.05, 3.63) is 48.4 Å². The molecule has 0 bridgehead atoms. The van der Waals surface area contributed by atoms with Crippen LogP contribution in [0.2, 0.25) is 0 Å². The van der Waals surface area contributed by atoms with Crippen LogP contribution in [0.25, 0.3) is 0 Å². The number of hydrogen-bond acceptors (Lipinski definition) is 5. The Labute approximate surface area is 146 Å². The number of nitrogens with zero attached hydrogens (tertiary/aromatic N) is 2. The summed E-state index contributed by atoms with van der Waals surface area (Å²) in [5, 5.41) is 2.87.